The van der Waals surface area contributed by atoms with Crippen LogP contribution in [0.5, 0.6) is 0 Å². The minimum atomic E-state index is -0.514. The molecule has 114 valence electrons. The Bertz CT molecular complexity index is 548. The monoisotopic (exact) mass is 294 g/mol. The molecular weight excluding hydrogens is 275 g/mol. The average Bonchev–Trinajstić information content (AvgIpc) is 2.90. The summed E-state index contributed by atoms with van der Waals surface area (Å²) in [6, 6.07) is 3.70. The maximum atomic E-state index is 13.6. The molecule has 0 saturated heterocycles. The molecule has 21 heavy (non-hydrogen) atoms. The Morgan fingerprint density at radius 2 is 2.10 bits per heavy atom. The van der Waals surface area contributed by atoms with E-state index in [1.54, 1.807) is 12.1 Å². The number of hydrogen-bond acceptors (Lipinski definition) is 3. The molecule has 0 heterocycles. The van der Waals surface area contributed by atoms with Gasteiger partial charge >= 0.3 is 12.0 Å². The smallest absolute Gasteiger partial charge is 0.319 e. The molecule has 0 spiro atoms. The van der Waals surface area contributed by atoms with Crippen molar-refractivity contribution >= 4 is 17.7 Å². The summed E-state index contributed by atoms with van der Waals surface area (Å²) in [5, 5.41) is 5.20. The first-order valence-electron chi connectivity index (χ1n) is 6.92. The van der Waals surface area contributed by atoms with Gasteiger partial charge in [0, 0.05) is 6.04 Å². The van der Waals surface area contributed by atoms with Gasteiger partial charge in [-0.1, -0.05) is 12.5 Å². The maximum Gasteiger partial charge on any atom is 0.319 e. The summed E-state index contributed by atoms with van der Waals surface area (Å²) in [5.74, 6) is -1.14. The first kappa shape index (κ1) is 15.3. The Kier molecular flexibility index (Phi) is 4.77. The van der Waals surface area contributed by atoms with Crippen LogP contribution in [0.1, 0.15) is 24.8 Å². The predicted octanol–water partition coefficient (Wildman–Crippen LogP) is 2.60. The number of rotatable bonds is 3. The van der Waals surface area contributed by atoms with Crippen LogP contribution in [0, 0.1) is 18.7 Å². The summed E-state index contributed by atoms with van der Waals surface area (Å²) in [6.45, 7) is 1.81. The van der Waals surface area contributed by atoms with E-state index in [1.165, 1.54) is 13.2 Å². The Morgan fingerprint density at radius 1 is 1.33 bits per heavy atom. The van der Waals surface area contributed by atoms with Crippen LogP contribution in [0.4, 0.5) is 14.9 Å². The number of amides is 2. The lowest BCUT2D eigenvalue weighted by molar-refractivity contribution is -0.145. The van der Waals surface area contributed by atoms with Gasteiger partial charge in [0.15, 0.2) is 0 Å². The SMILES string of the molecule is COC(=O)[C@H]1CCC[C@H]1NC(=O)Nc1cc(C)ccc1F. The minimum Gasteiger partial charge on any atom is -0.469 e. The number of ether oxygens (including phenoxy) is 1. The lowest BCUT2D eigenvalue weighted by Crippen LogP contribution is -2.42. The van der Waals surface area contributed by atoms with Crippen molar-refractivity contribution in [1.82, 2.24) is 5.32 Å². The molecule has 1 aromatic carbocycles. The largest absolute Gasteiger partial charge is 0.469 e. The van der Waals surface area contributed by atoms with Crippen molar-refractivity contribution in [2.24, 2.45) is 5.92 Å². The summed E-state index contributed by atoms with van der Waals surface area (Å²) in [4.78, 5) is 23.6. The van der Waals surface area contributed by atoms with E-state index in [2.05, 4.69) is 10.6 Å². The van der Waals surface area contributed by atoms with E-state index >= 15 is 0 Å². The van der Waals surface area contributed by atoms with E-state index in [4.69, 9.17) is 4.74 Å². The Hall–Kier alpha value is -2.11. The van der Waals surface area contributed by atoms with E-state index in [0.29, 0.717) is 12.8 Å². The second-order valence-corrected chi connectivity index (χ2v) is 5.25. The van der Waals surface area contributed by atoms with E-state index in [1.807, 2.05) is 6.92 Å². The molecular formula is C15H19FN2O3. The second-order valence-electron chi connectivity index (χ2n) is 5.25. The summed E-state index contributed by atoms with van der Waals surface area (Å²) in [6.07, 6.45) is 2.25. The molecule has 2 atom stereocenters. The zero-order valence-electron chi connectivity index (χ0n) is 12.1. The fourth-order valence-corrected chi connectivity index (χ4v) is 2.63. The molecule has 0 aliphatic heterocycles. The number of carbonyl (C=O) groups excluding carboxylic acids is 2. The molecule has 1 fully saturated rings. The lowest BCUT2D eigenvalue weighted by Gasteiger charge is -2.19. The highest BCUT2D eigenvalue weighted by Crippen LogP contribution is 2.27. The van der Waals surface area contributed by atoms with Crippen LogP contribution < -0.4 is 10.6 Å². The summed E-state index contributed by atoms with van der Waals surface area (Å²) >= 11 is 0. The van der Waals surface area contributed by atoms with Crippen LogP contribution in [0.15, 0.2) is 18.2 Å². The molecule has 1 aromatic rings. The van der Waals surface area contributed by atoms with E-state index < -0.39 is 11.8 Å². The van der Waals surface area contributed by atoms with Crippen LogP contribution >= 0.6 is 0 Å². The molecule has 1 aliphatic rings. The summed E-state index contributed by atoms with van der Waals surface area (Å²) in [7, 11) is 1.33. The Morgan fingerprint density at radius 3 is 2.81 bits per heavy atom. The Labute approximate surface area is 122 Å². The van der Waals surface area contributed by atoms with Crippen LogP contribution in [-0.4, -0.2) is 25.2 Å². The Balaban J connectivity index is 1.98. The van der Waals surface area contributed by atoms with Gasteiger partial charge in [-0.2, -0.15) is 0 Å². The fraction of sp³-hybridized carbons (Fsp3) is 0.467. The minimum absolute atomic E-state index is 0.125. The maximum absolute atomic E-state index is 13.6. The van der Waals surface area contributed by atoms with Gasteiger partial charge < -0.3 is 15.4 Å². The third kappa shape index (κ3) is 3.71. The van der Waals surface area contributed by atoms with Crippen molar-refractivity contribution in [3.05, 3.63) is 29.6 Å². The van der Waals surface area contributed by atoms with E-state index in [0.717, 1.165) is 12.0 Å². The first-order valence-corrected chi connectivity index (χ1v) is 6.92. The molecule has 6 heteroatoms. The number of anilines is 1. The van der Waals surface area contributed by atoms with Crippen molar-refractivity contribution in [2.75, 3.05) is 12.4 Å². The normalized spacial score (nSPS) is 20.9. The molecule has 1 aliphatic carbocycles. The number of methoxy groups -OCH3 is 1. The quantitative estimate of drug-likeness (QED) is 0.842. The van der Waals surface area contributed by atoms with Gasteiger partial charge in [-0.3, -0.25) is 4.79 Å². The predicted molar refractivity (Wildman–Crippen MR) is 76.4 cm³/mol. The standard InChI is InChI=1S/C15H19FN2O3/c1-9-6-7-11(16)13(8-9)18-15(20)17-12-5-3-4-10(12)14(19)21-2/h6-8,10,12H,3-5H2,1-2H3,(H2,17,18,20)/t10-,12+/m0/s1. The molecule has 0 aromatic heterocycles. The number of halogens is 1. The van der Waals surface area contributed by atoms with Gasteiger partial charge in [0.2, 0.25) is 0 Å². The average molecular weight is 294 g/mol. The highest BCUT2D eigenvalue weighted by molar-refractivity contribution is 5.90. The number of benzene rings is 1. The number of aryl methyl sites for hydroxylation is 1. The van der Waals surface area contributed by atoms with Crippen molar-refractivity contribution in [3.63, 3.8) is 0 Å². The third-order valence-electron chi connectivity index (χ3n) is 3.71. The van der Waals surface area contributed by atoms with Gasteiger partial charge in [-0.05, 0) is 37.5 Å². The molecule has 0 unspecified atom stereocenters. The van der Waals surface area contributed by atoms with Crippen LogP contribution in [0.2, 0.25) is 0 Å². The van der Waals surface area contributed by atoms with Crippen LogP contribution in [0.3, 0.4) is 0 Å². The lowest BCUT2D eigenvalue weighted by atomic mass is 10.0. The molecule has 0 bridgehead atoms. The highest BCUT2D eigenvalue weighted by Gasteiger charge is 2.34. The topological polar surface area (TPSA) is 67.4 Å². The molecule has 2 N–H and O–H groups in total. The van der Waals surface area contributed by atoms with Gasteiger partial charge in [0.25, 0.3) is 0 Å². The number of hydrogen-bond donors (Lipinski definition) is 2. The molecule has 5 nitrogen and oxygen atoms in total. The summed E-state index contributed by atoms with van der Waals surface area (Å²) in [5.41, 5.74) is 0.972. The van der Waals surface area contributed by atoms with Crippen molar-refractivity contribution in [2.45, 2.75) is 32.2 Å². The molecule has 2 rings (SSSR count). The number of urea groups is 1. The number of esters is 1. The van der Waals surface area contributed by atoms with Gasteiger partial charge in [0.1, 0.15) is 5.82 Å². The highest BCUT2D eigenvalue weighted by atomic mass is 19.1. The number of carbonyl (C=O) groups is 2. The second kappa shape index (κ2) is 6.56. The van der Waals surface area contributed by atoms with Crippen molar-refractivity contribution < 1.29 is 18.7 Å². The zero-order chi connectivity index (χ0) is 15.4. The van der Waals surface area contributed by atoms with Gasteiger partial charge in [0.05, 0.1) is 18.7 Å². The molecule has 0 radical (unpaired) electrons. The third-order valence-corrected chi connectivity index (χ3v) is 3.71. The van der Waals surface area contributed by atoms with Crippen LogP contribution in [-0.2, 0) is 9.53 Å². The fourth-order valence-electron chi connectivity index (χ4n) is 2.63. The first-order chi connectivity index (χ1) is 10.0. The van der Waals surface area contributed by atoms with Crippen LogP contribution in [0.25, 0.3) is 0 Å². The summed E-state index contributed by atoms with van der Waals surface area (Å²) < 4.78 is 18.3. The van der Waals surface area contributed by atoms with Gasteiger partial charge in [-0.15, -0.1) is 0 Å². The molecule has 1 saturated carbocycles. The number of nitrogens with one attached hydrogen (secondary N) is 2. The zero-order valence-corrected chi connectivity index (χ0v) is 12.1. The van der Waals surface area contributed by atoms with Crippen molar-refractivity contribution in [3.8, 4) is 0 Å². The van der Waals surface area contributed by atoms with E-state index in [9.17, 15) is 14.0 Å². The van der Waals surface area contributed by atoms with E-state index in [-0.39, 0.29) is 23.6 Å². The molecule has 2 amide bonds. The van der Waals surface area contributed by atoms with Crippen molar-refractivity contribution in [1.29, 1.82) is 0 Å². The van der Waals surface area contributed by atoms with Gasteiger partial charge in [-0.25, -0.2) is 9.18 Å².